The number of ether oxygens (including phenoxy) is 2. The summed E-state index contributed by atoms with van der Waals surface area (Å²) in [5, 5.41) is 2.77. The van der Waals surface area contributed by atoms with E-state index in [-0.39, 0.29) is 24.0 Å². The highest BCUT2D eigenvalue weighted by Crippen LogP contribution is 2.32. The van der Waals surface area contributed by atoms with Crippen molar-refractivity contribution in [2.45, 2.75) is 31.8 Å². The van der Waals surface area contributed by atoms with E-state index in [1.165, 1.54) is 0 Å². The van der Waals surface area contributed by atoms with Crippen LogP contribution in [0.5, 0.6) is 0 Å². The van der Waals surface area contributed by atoms with E-state index in [4.69, 9.17) is 24.4 Å². The third kappa shape index (κ3) is 3.57. The molecule has 4 aliphatic rings. The standard InChI is InChI=1S/C22H26N8O3/c1-12-10-32-7-5-29(12)20-17-19(27-21(28-20)30-6-8-33-11-13(30)2)26-18(25-17)14-3-4-15-16(9-14)24-22(31)23-15/h3-4,9,12-14H,5-8,10-11H2,1-2H3,(H,24,31)(H,25,26,27,28)/t12-,13-,14?/m0/s1. The predicted octanol–water partition coefficient (Wildman–Crippen LogP) is 1.50. The normalized spacial score (nSPS) is 27.5. The summed E-state index contributed by atoms with van der Waals surface area (Å²) < 4.78 is 11.3. The van der Waals surface area contributed by atoms with Crippen molar-refractivity contribution >= 4 is 34.7 Å². The van der Waals surface area contributed by atoms with Crippen LogP contribution in [0.2, 0.25) is 0 Å². The van der Waals surface area contributed by atoms with Gasteiger partial charge in [-0.1, -0.05) is 6.08 Å². The van der Waals surface area contributed by atoms with E-state index in [0.717, 1.165) is 30.2 Å². The van der Waals surface area contributed by atoms with Gasteiger partial charge < -0.3 is 29.6 Å². The number of aromatic amines is 1. The number of nitrogens with one attached hydrogen (secondary N) is 2. The molecule has 2 N–H and O–H groups in total. The van der Waals surface area contributed by atoms with Gasteiger partial charge in [-0.2, -0.15) is 15.0 Å². The number of carbonyl (C=O) groups is 1. The molecule has 0 bridgehead atoms. The molecule has 11 nitrogen and oxygen atoms in total. The van der Waals surface area contributed by atoms with Crippen molar-refractivity contribution in [3.8, 4) is 0 Å². The monoisotopic (exact) mass is 450 g/mol. The summed E-state index contributed by atoms with van der Waals surface area (Å²) in [5.41, 5.74) is 2.80. The van der Waals surface area contributed by atoms with Crippen LogP contribution in [0.25, 0.3) is 11.2 Å². The van der Waals surface area contributed by atoms with E-state index in [0.29, 0.717) is 49.4 Å². The first-order valence-corrected chi connectivity index (χ1v) is 11.3. The number of aliphatic imine (C=N–C) groups is 1. The van der Waals surface area contributed by atoms with E-state index in [1.54, 1.807) is 0 Å². The predicted molar refractivity (Wildman–Crippen MR) is 123 cm³/mol. The lowest BCUT2D eigenvalue weighted by molar-refractivity contribution is 0.0973. The van der Waals surface area contributed by atoms with Gasteiger partial charge in [0.25, 0.3) is 0 Å². The average molecular weight is 451 g/mol. The number of carbonyl (C=O) groups excluding carboxylic acids is 1. The molecule has 5 heterocycles. The molecule has 0 saturated carbocycles. The maximum absolute atomic E-state index is 11.6. The molecule has 0 radical (unpaired) electrons. The van der Waals surface area contributed by atoms with E-state index >= 15 is 0 Å². The van der Waals surface area contributed by atoms with Crippen LogP contribution in [-0.4, -0.2) is 83.3 Å². The first-order valence-electron chi connectivity index (χ1n) is 11.3. The number of hydrogen-bond donors (Lipinski definition) is 2. The topological polar surface area (TPSA) is 121 Å². The Morgan fingerprint density at radius 1 is 1.03 bits per heavy atom. The fourth-order valence-corrected chi connectivity index (χ4v) is 4.68. The van der Waals surface area contributed by atoms with Gasteiger partial charge in [-0.25, -0.2) is 9.78 Å². The Labute approximate surface area is 190 Å². The van der Waals surface area contributed by atoms with E-state index in [9.17, 15) is 4.79 Å². The Bertz CT molecular complexity index is 1200. The fourth-order valence-electron chi connectivity index (χ4n) is 4.68. The smallest absolute Gasteiger partial charge is 0.346 e. The Hall–Kier alpha value is -3.31. The number of rotatable bonds is 3. The van der Waals surface area contributed by atoms with Crippen LogP contribution in [-0.2, 0) is 9.47 Å². The van der Waals surface area contributed by atoms with Gasteiger partial charge in [0.05, 0.1) is 55.8 Å². The van der Waals surface area contributed by atoms with Gasteiger partial charge in [0.2, 0.25) is 5.95 Å². The third-order valence-corrected chi connectivity index (χ3v) is 6.47. The summed E-state index contributed by atoms with van der Waals surface area (Å²) in [6.07, 6.45) is 5.79. The molecule has 2 aromatic rings. The van der Waals surface area contributed by atoms with Gasteiger partial charge in [0.1, 0.15) is 11.3 Å². The summed E-state index contributed by atoms with van der Waals surface area (Å²) in [6.45, 7) is 8.34. The number of fused-ring (bicyclic) bond motifs is 2. The minimum atomic E-state index is -0.343. The quantitative estimate of drug-likeness (QED) is 0.722. The van der Waals surface area contributed by atoms with Crippen LogP contribution in [0, 0.1) is 0 Å². The summed E-state index contributed by atoms with van der Waals surface area (Å²) in [4.78, 5) is 38.2. The van der Waals surface area contributed by atoms with E-state index < -0.39 is 0 Å². The number of hydrogen-bond acceptors (Lipinski definition) is 8. The molecule has 0 spiro atoms. The lowest BCUT2D eigenvalue weighted by Gasteiger charge is -2.36. The number of nitrogens with zero attached hydrogens (tertiary/aromatic N) is 6. The highest BCUT2D eigenvalue weighted by atomic mass is 16.5. The van der Waals surface area contributed by atoms with Crippen LogP contribution in [0.3, 0.4) is 0 Å². The summed E-state index contributed by atoms with van der Waals surface area (Å²) in [5.74, 6) is 2.12. The van der Waals surface area contributed by atoms with Gasteiger partial charge in [0, 0.05) is 13.1 Å². The van der Waals surface area contributed by atoms with Gasteiger partial charge in [-0.05, 0) is 26.0 Å². The van der Waals surface area contributed by atoms with E-state index in [2.05, 4.69) is 38.9 Å². The van der Waals surface area contributed by atoms with Crippen molar-refractivity contribution in [1.29, 1.82) is 0 Å². The molecular weight excluding hydrogens is 424 g/mol. The Morgan fingerprint density at radius 2 is 1.79 bits per heavy atom. The number of H-pyrrole nitrogens is 1. The summed E-state index contributed by atoms with van der Waals surface area (Å²) in [6, 6.07) is 0.0203. The highest BCUT2D eigenvalue weighted by molar-refractivity contribution is 6.19. The largest absolute Gasteiger partial charge is 0.377 e. The van der Waals surface area contributed by atoms with E-state index in [1.807, 2.05) is 18.2 Å². The molecule has 11 heteroatoms. The lowest BCUT2D eigenvalue weighted by atomic mass is 9.99. The van der Waals surface area contributed by atoms with Crippen molar-refractivity contribution in [3.63, 3.8) is 0 Å². The molecule has 3 aliphatic heterocycles. The second kappa shape index (κ2) is 7.92. The Morgan fingerprint density at radius 3 is 2.55 bits per heavy atom. The first-order chi connectivity index (χ1) is 16.1. The van der Waals surface area contributed by atoms with Gasteiger partial charge in [-0.15, -0.1) is 0 Å². The zero-order valence-corrected chi connectivity index (χ0v) is 18.6. The van der Waals surface area contributed by atoms with Crippen molar-refractivity contribution in [2.75, 3.05) is 49.3 Å². The molecule has 6 rings (SSSR count). The molecular formula is C22H26N8O3. The van der Waals surface area contributed by atoms with Crippen molar-refractivity contribution in [3.05, 3.63) is 29.7 Å². The van der Waals surface area contributed by atoms with Crippen molar-refractivity contribution in [1.82, 2.24) is 25.3 Å². The molecule has 2 aromatic heterocycles. The summed E-state index contributed by atoms with van der Waals surface area (Å²) in [7, 11) is 0. The number of morpholine rings is 2. The lowest BCUT2D eigenvalue weighted by Crippen LogP contribution is -2.46. The van der Waals surface area contributed by atoms with Crippen LogP contribution < -0.4 is 15.1 Å². The van der Waals surface area contributed by atoms with Crippen molar-refractivity contribution in [2.24, 2.45) is 4.99 Å². The molecule has 33 heavy (non-hydrogen) atoms. The minimum Gasteiger partial charge on any atom is -0.377 e. The molecule has 172 valence electrons. The van der Waals surface area contributed by atoms with Gasteiger partial charge in [0.15, 0.2) is 11.5 Å². The van der Waals surface area contributed by atoms with Crippen LogP contribution in [0.1, 0.15) is 25.6 Å². The zero-order valence-electron chi connectivity index (χ0n) is 18.6. The number of urea groups is 1. The molecule has 2 saturated heterocycles. The molecule has 1 unspecified atom stereocenters. The molecule has 1 aliphatic carbocycles. The Balaban J connectivity index is 1.44. The Kier molecular flexibility index (Phi) is 4.88. The number of amides is 2. The maximum atomic E-state index is 11.6. The number of imidazole rings is 1. The average Bonchev–Trinajstić information content (AvgIpc) is 3.41. The molecule has 2 fully saturated rings. The second-order valence-electron chi connectivity index (χ2n) is 8.79. The van der Waals surface area contributed by atoms with Crippen LogP contribution >= 0.6 is 0 Å². The fraction of sp³-hybridized carbons (Fsp3) is 0.500. The number of allylic oxidation sites excluding steroid dienone is 3. The molecule has 0 aromatic carbocycles. The van der Waals surface area contributed by atoms with Gasteiger partial charge in [-0.3, -0.25) is 0 Å². The third-order valence-electron chi connectivity index (χ3n) is 6.47. The minimum absolute atomic E-state index is 0.132. The van der Waals surface area contributed by atoms with Gasteiger partial charge >= 0.3 is 6.03 Å². The zero-order chi connectivity index (χ0) is 22.5. The number of aromatic nitrogens is 4. The first kappa shape index (κ1) is 20.3. The maximum Gasteiger partial charge on any atom is 0.346 e. The number of anilines is 2. The van der Waals surface area contributed by atoms with Crippen LogP contribution in [0.4, 0.5) is 16.6 Å². The SMILES string of the molecule is C[C@H]1COCCN1c1nc(N2CCOC[C@@H]2C)c2[nH]c(C3C=CC4=NC(=O)NC4=C3)nc2n1. The summed E-state index contributed by atoms with van der Waals surface area (Å²) >= 11 is 0. The molecule has 2 amide bonds. The highest BCUT2D eigenvalue weighted by Gasteiger charge is 2.30. The van der Waals surface area contributed by atoms with Crippen molar-refractivity contribution < 1.29 is 14.3 Å². The second-order valence-corrected chi connectivity index (χ2v) is 8.79. The van der Waals surface area contributed by atoms with Crippen LogP contribution in [0.15, 0.2) is 28.9 Å². The molecule has 3 atom stereocenters.